The fourth-order valence-corrected chi connectivity index (χ4v) is 3.48. The van der Waals surface area contributed by atoms with E-state index >= 15 is 0 Å². The summed E-state index contributed by atoms with van der Waals surface area (Å²) in [5, 5.41) is 0.638. The molecule has 1 aliphatic heterocycles. The molecule has 6 heteroatoms. The second-order valence-corrected chi connectivity index (χ2v) is 6.22. The first-order valence-corrected chi connectivity index (χ1v) is 8.35. The number of benzene rings is 1. The summed E-state index contributed by atoms with van der Waals surface area (Å²) in [6.07, 6.45) is 2.46. The summed E-state index contributed by atoms with van der Waals surface area (Å²) in [4.78, 5) is 2.34. The summed E-state index contributed by atoms with van der Waals surface area (Å²) in [5.74, 6) is 0. The first kappa shape index (κ1) is 15.8. The van der Waals surface area contributed by atoms with E-state index in [9.17, 15) is 8.42 Å². The Bertz CT molecular complexity index is 500. The van der Waals surface area contributed by atoms with Crippen molar-refractivity contribution in [3.05, 3.63) is 34.9 Å². The van der Waals surface area contributed by atoms with Crippen molar-refractivity contribution >= 4 is 22.6 Å². The minimum absolute atomic E-state index is 0.638. The van der Waals surface area contributed by atoms with Gasteiger partial charge in [0, 0.05) is 18.1 Å². The van der Waals surface area contributed by atoms with Crippen LogP contribution in [0.3, 0.4) is 0 Å². The normalized spacial score (nSPS) is 19.4. The number of thiol groups is 1. The van der Waals surface area contributed by atoms with E-state index in [2.05, 4.69) is 11.8 Å². The molecule has 0 spiro atoms. The Kier molecular flexibility index (Phi) is 5.43. The average Bonchev–Trinajstić information content (AvgIpc) is 2.41. The third-order valence-corrected chi connectivity index (χ3v) is 4.57. The fraction of sp³-hybridized carbons (Fsp3) is 0.571. The van der Waals surface area contributed by atoms with E-state index in [-0.39, 0.29) is 0 Å². The van der Waals surface area contributed by atoms with Crippen molar-refractivity contribution in [2.75, 3.05) is 19.6 Å². The molecule has 1 saturated heterocycles. The molecular formula is C14H20ClNO3S. The van der Waals surface area contributed by atoms with Gasteiger partial charge in [0.2, 0.25) is 0 Å². The van der Waals surface area contributed by atoms with Crippen LogP contribution in [-0.4, -0.2) is 33.0 Å². The van der Waals surface area contributed by atoms with Crippen molar-refractivity contribution < 1.29 is 12.6 Å². The molecule has 2 rings (SSSR count). The molecule has 0 aliphatic carbocycles. The van der Waals surface area contributed by atoms with Gasteiger partial charge in [-0.05, 0) is 43.5 Å². The van der Waals surface area contributed by atoms with Gasteiger partial charge in [-0.2, -0.15) is 0 Å². The molecule has 1 fully saturated rings. The van der Waals surface area contributed by atoms with Crippen molar-refractivity contribution in [3.63, 3.8) is 0 Å². The van der Waals surface area contributed by atoms with Gasteiger partial charge >= 0.3 is 0 Å². The van der Waals surface area contributed by atoms with E-state index in [1.165, 1.54) is 0 Å². The molecule has 1 heterocycles. The molecule has 0 unspecified atom stereocenters. The molecule has 0 radical (unpaired) electrons. The first-order valence-electron chi connectivity index (χ1n) is 6.88. The largest absolute Gasteiger partial charge is 0.303 e. The average molecular weight is 318 g/mol. The Morgan fingerprint density at radius 1 is 1.25 bits per heavy atom. The minimum atomic E-state index is -2.88. The lowest BCUT2D eigenvalue weighted by Gasteiger charge is -2.40. The molecule has 1 aromatic rings. The van der Waals surface area contributed by atoms with Gasteiger partial charge in [0.15, 0.2) is 0 Å². The highest BCUT2D eigenvalue weighted by atomic mass is 35.5. The highest BCUT2D eigenvalue weighted by Gasteiger charge is 2.38. The van der Waals surface area contributed by atoms with Crippen LogP contribution in [0, 0.1) is 0 Å². The second kappa shape index (κ2) is 6.89. The Labute approximate surface area is 126 Å². The lowest BCUT2D eigenvalue weighted by atomic mass is 9.84. The van der Waals surface area contributed by atoms with Crippen LogP contribution in [0.15, 0.2) is 24.3 Å². The highest BCUT2D eigenvalue weighted by molar-refractivity contribution is 7.67. The number of likely N-dealkylation sites (tertiary alicyclic amines) is 1. The maximum atomic E-state index is 11.1. The Morgan fingerprint density at radius 2 is 1.85 bits per heavy atom. The summed E-state index contributed by atoms with van der Waals surface area (Å²) in [6, 6.07) is 7.27. The molecule has 4 nitrogen and oxygen atoms in total. The number of halogens is 1. The Hall–Kier alpha value is -0.620. The predicted molar refractivity (Wildman–Crippen MR) is 80.5 cm³/mol. The predicted octanol–water partition coefficient (Wildman–Crippen LogP) is 2.58. The molecule has 20 heavy (non-hydrogen) atoms. The third-order valence-electron chi connectivity index (χ3n) is 3.82. The van der Waals surface area contributed by atoms with Crippen LogP contribution < -0.4 is 0 Å². The minimum Gasteiger partial charge on any atom is -0.303 e. The van der Waals surface area contributed by atoms with Gasteiger partial charge in [0.1, 0.15) is 5.60 Å². The van der Waals surface area contributed by atoms with E-state index in [0.717, 1.165) is 31.6 Å². The molecule has 1 aromatic carbocycles. The SMILES string of the molecule is CCCN1CCC(O[SH](=O)=O)(c2ccc(Cl)cc2)CC1. The monoisotopic (exact) mass is 317 g/mol. The molecular weight excluding hydrogens is 298 g/mol. The van der Waals surface area contributed by atoms with E-state index in [1.807, 2.05) is 12.1 Å². The molecule has 112 valence electrons. The third kappa shape index (κ3) is 3.73. The lowest BCUT2D eigenvalue weighted by molar-refractivity contribution is 0.00679. The molecule has 1 aliphatic rings. The van der Waals surface area contributed by atoms with E-state index in [0.29, 0.717) is 17.9 Å². The number of rotatable bonds is 5. The fourth-order valence-electron chi connectivity index (χ4n) is 2.78. The topological polar surface area (TPSA) is 46.6 Å². The summed E-state index contributed by atoms with van der Waals surface area (Å²) in [5.41, 5.74) is 0.154. The van der Waals surface area contributed by atoms with Crippen molar-refractivity contribution in [2.24, 2.45) is 0 Å². The number of nitrogens with zero attached hydrogens (tertiary/aromatic N) is 1. The van der Waals surface area contributed by atoms with Crippen molar-refractivity contribution in [2.45, 2.75) is 31.8 Å². The van der Waals surface area contributed by atoms with Crippen LogP contribution in [0.25, 0.3) is 0 Å². The quantitative estimate of drug-likeness (QED) is 0.848. The van der Waals surface area contributed by atoms with Crippen LogP contribution in [0.2, 0.25) is 5.02 Å². The Morgan fingerprint density at radius 3 is 2.35 bits per heavy atom. The van der Waals surface area contributed by atoms with Gasteiger partial charge in [-0.3, -0.25) is 4.18 Å². The van der Waals surface area contributed by atoms with Gasteiger partial charge in [-0.1, -0.05) is 30.7 Å². The van der Waals surface area contributed by atoms with E-state index in [1.54, 1.807) is 12.1 Å². The molecule has 0 amide bonds. The zero-order valence-corrected chi connectivity index (χ0v) is 13.2. The van der Waals surface area contributed by atoms with E-state index < -0.39 is 16.6 Å². The smallest absolute Gasteiger partial charge is 0.258 e. The zero-order chi connectivity index (χ0) is 14.6. The van der Waals surface area contributed by atoms with Crippen LogP contribution >= 0.6 is 11.6 Å². The summed E-state index contributed by atoms with van der Waals surface area (Å²) in [7, 11) is -2.88. The van der Waals surface area contributed by atoms with Crippen LogP contribution in [0.5, 0.6) is 0 Å². The second-order valence-electron chi connectivity index (χ2n) is 5.16. The number of hydrogen-bond donors (Lipinski definition) is 1. The van der Waals surface area contributed by atoms with Gasteiger partial charge in [0.25, 0.3) is 11.0 Å². The summed E-state index contributed by atoms with van der Waals surface area (Å²) < 4.78 is 27.5. The van der Waals surface area contributed by atoms with E-state index in [4.69, 9.17) is 15.8 Å². The van der Waals surface area contributed by atoms with Crippen molar-refractivity contribution in [3.8, 4) is 0 Å². The molecule has 0 atom stereocenters. The van der Waals surface area contributed by atoms with Gasteiger partial charge < -0.3 is 4.90 Å². The van der Waals surface area contributed by atoms with Gasteiger partial charge in [-0.25, -0.2) is 8.42 Å². The van der Waals surface area contributed by atoms with Crippen molar-refractivity contribution in [1.82, 2.24) is 4.90 Å². The zero-order valence-electron chi connectivity index (χ0n) is 11.5. The molecule has 0 bridgehead atoms. The van der Waals surface area contributed by atoms with Crippen LogP contribution in [0.1, 0.15) is 31.7 Å². The van der Waals surface area contributed by atoms with Gasteiger partial charge in [-0.15, -0.1) is 0 Å². The molecule has 0 aromatic heterocycles. The Balaban J connectivity index is 2.21. The van der Waals surface area contributed by atoms with Crippen LogP contribution in [0.4, 0.5) is 0 Å². The van der Waals surface area contributed by atoms with Crippen molar-refractivity contribution in [1.29, 1.82) is 0 Å². The number of piperidine rings is 1. The maximum absolute atomic E-state index is 11.1. The number of hydrogen-bond acceptors (Lipinski definition) is 4. The highest BCUT2D eigenvalue weighted by Crippen LogP contribution is 2.37. The van der Waals surface area contributed by atoms with Gasteiger partial charge in [0.05, 0.1) is 0 Å². The molecule has 0 N–H and O–H groups in total. The lowest BCUT2D eigenvalue weighted by Crippen LogP contribution is -2.44. The standard InChI is InChI=1S/C14H20ClNO3S/c1-2-9-16-10-7-14(8-11-16,19-20(17)18)12-3-5-13(15)6-4-12/h3-6,20H,2,7-11H2,1H3. The van der Waals surface area contributed by atoms with Crippen LogP contribution in [-0.2, 0) is 20.8 Å². The summed E-state index contributed by atoms with van der Waals surface area (Å²) >= 11 is 5.90. The molecule has 0 saturated carbocycles. The maximum Gasteiger partial charge on any atom is 0.258 e. The summed E-state index contributed by atoms with van der Waals surface area (Å²) in [6.45, 7) is 4.88. The first-order chi connectivity index (χ1) is 9.55.